The molecule has 0 spiro atoms. The number of amides is 2. The number of hydrogen-bond acceptors (Lipinski definition) is 4. The summed E-state index contributed by atoms with van der Waals surface area (Å²) in [4.78, 5) is 30.5. The van der Waals surface area contributed by atoms with E-state index < -0.39 is 28.5 Å². The maximum atomic E-state index is 14.7. The number of hydrogen-bond donors (Lipinski definition) is 1. The summed E-state index contributed by atoms with van der Waals surface area (Å²) in [5.74, 6) is -0.703. The van der Waals surface area contributed by atoms with Crippen molar-refractivity contribution in [1.29, 1.82) is 0 Å². The van der Waals surface area contributed by atoms with Crippen molar-refractivity contribution in [1.82, 2.24) is 10.2 Å². The molecule has 7 nitrogen and oxygen atoms in total. The predicted octanol–water partition coefficient (Wildman–Crippen LogP) is 6.96. The van der Waals surface area contributed by atoms with E-state index in [-0.39, 0.29) is 29.8 Å². The Balaban J connectivity index is 1.59. The second-order valence-corrected chi connectivity index (χ2v) is 14.7. The summed E-state index contributed by atoms with van der Waals surface area (Å²) in [6, 6.07) is 30.0. The normalized spacial score (nSPS) is 14.1. The Morgan fingerprint density at radius 3 is 2.15 bits per heavy atom. The number of rotatable bonds is 12. The molecule has 1 aliphatic rings. The molecule has 46 heavy (non-hydrogen) atoms. The first-order chi connectivity index (χ1) is 22.1. The largest absolute Gasteiger partial charge is 0.352 e. The molecule has 0 radical (unpaired) electrons. The average molecular weight is 703 g/mol. The molecule has 4 aromatic rings. The van der Waals surface area contributed by atoms with Crippen LogP contribution in [0, 0.1) is 13.8 Å². The lowest BCUT2D eigenvalue weighted by molar-refractivity contribution is -0.140. The molecule has 0 saturated heterocycles. The molecule has 1 N–H and O–H groups in total. The zero-order valence-electron chi connectivity index (χ0n) is 26.2. The molecule has 0 aliphatic heterocycles. The van der Waals surface area contributed by atoms with E-state index in [2.05, 4.69) is 21.2 Å². The van der Waals surface area contributed by atoms with Crippen LogP contribution in [0.15, 0.2) is 112 Å². The predicted molar refractivity (Wildman–Crippen MR) is 186 cm³/mol. The minimum absolute atomic E-state index is 0.0542. The first kappa shape index (κ1) is 33.4. The van der Waals surface area contributed by atoms with Crippen LogP contribution in [0.3, 0.4) is 0 Å². The fourth-order valence-electron chi connectivity index (χ4n) is 5.99. The second kappa shape index (κ2) is 15.1. The fourth-order valence-corrected chi connectivity index (χ4v) is 7.93. The molecule has 4 aromatic carbocycles. The van der Waals surface area contributed by atoms with Gasteiger partial charge in [0.2, 0.25) is 11.8 Å². The SMILES string of the molecule is Cc1cccc(N(CC(=O)N(Cc2cccc(Br)c2)C(Cc2ccccc2)C(=O)NC2CCCC2)S(=O)(=O)c2ccccc2)c1C. The molecule has 2 amide bonds. The van der Waals surface area contributed by atoms with Gasteiger partial charge in [0, 0.05) is 23.5 Å². The number of nitrogens with zero attached hydrogens (tertiary/aromatic N) is 2. The lowest BCUT2D eigenvalue weighted by Gasteiger charge is -2.34. The summed E-state index contributed by atoms with van der Waals surface area (Å²) in [5.41, 5.74) is 3.81. The van der Waals surface area contributed by atoms with Crippen LogP contribution in [-0.2, 0) is 32.6 Å². The van der Waals surface area contributed by atoms with Gasteiger partial charge in [-0.2, -0.15) is 0 Å². The molecule has 1 aliphatic carbocycles. The Bertz CT molecular complexity index is 1760. The number of aryl methyl sites for hydroxylation is 1. The molecule has 1 saturated carbocycles. The van der Waals surface area contributed by atoms with Crippen molar-refractivity contribution < 1.29 is 18.0 Å². The molecule has 0 aromatic heterocycles. The van der Waals surface area contributed by atoms with Gasteiger partial charge < -0.3 is 10.2 Å². The van der Waals surface area contributed by atoms with Crippen molar-refractivity contribution in [3.63, 3.8) is 0 Å². The highest BCUT2D eigenvalue weighted by molar-refractivity contribution is 9.10. The smallest absolute Gasteiger partial charge is 0.264 e. The van der Waals surface area contributed by atoms with Gasteiger partial charge in [-0.05, 0) is 79.3 Å². The average Bonchev–Trinajstić information content (AvgIpc) is 3.57. The van der Waals surface area contributed by atoms with Crippen molar-refractivity contribution in [3.05, 3.63) is 130 Å². The molecule has 9 heteroatoms. The lowest BCUT2D eigenvalue weighted by Crippen LogP contribution is -2.54. The van der Waals surface area contributed by atoms with Crippen LogP contribution in [0.25, 0.3) is 0 Å². The first-order valence-corrected chi connectivity index (χ1v) is 17.9. The summed E-state index contributed by atoms with van der Waals surface area (Å²) in [6.07, 6.45) is 4.19. The minimum atomic E-state index is -4.15. The molecular weight excluding hydrogens is 662 g/mol. The topological polar surface area (TPSA) is 86.8 Å². The van der Waals surface area contributed by atoms with Crippen molar-refractivity contribution in [2.45, 2.75) is 69.5 Å². The number of benzene rings is 4. The standard InChI is InChI=1S/C37H40BrN3O4S/c1-27-13-11-22-34(28(27)2)41(46(44,45)33-20-7-4-8-21-33)26-36(42)40(25-30-16-12-17-31(38)23-30)35(24-29-14-5-3-6-15-29)37(43)39-32-18-9-10-19-32/h3-8,11-17,20-23,32,35H,9-10,18-19,24-26H2,1-2H3,(H,39,43). The summed E-state index contributed by atoms with van der Waals surface area (Å²) >= 11 is 3.53. The van der Waals surface area contributed by atoms with Crippen LogP contribution in [-0.4, -0.2) is 43.8 Å². The molecule has 240 valence electrons. The van der Waals surface area contributed by atoms with Crippen LogP contribution in [0.1, 0.15) is 47.9 Å². The summed E-state index contributed by atoms with van der Waals surface area (Å²) in [5, 5.41) is 3.22. The van der Waals surface area contributed by atoms with Crippen molar-refractivity contribution >= 4 is 43.5 Å². The van der Waals surface area contributed by atoms with Gasteiger partial charge in [0.05, 0.1) is 10.6 Å². The summed E-state index contributed by atoms with van der Waals surface area (Å²) in [7, 11) is -4.15. The molecule has 0 heterocycles. The van der Waals surface area contributed by atoms with E-state index in [1.165, 1.54) is 16.4 Å². The fraction of sp³-hybridized carbons (Fsp3) is 0.297. The van der Waals surface area contributed by atoms with E-state index in [9.17, 15) is 18.0 Å². The second-order valence-electron chi connectivity index (χ2n) is 11.9. The molecule has 1 unspecified atom stereocenters. The van der Waals surface area contributed by atoms with Crippen LogP contribution < -0.4 is 9.62 Å². The maximum Gasteiger partial charge on any atom is 0.264 e. The van der Waals surface area contributed by atoms with Crippen LogP contribution >= 0.6 is 15.9 Å². The summed E-state index contributed by atoms with van der Waals surface area (Å²) < 4.78 is 30.5. The maximum absolute atomic E-state index is 14.7. The van der Waals surface area contributed by atoms with E-state index in [0.29, 0.717) is 5.69 Å². The number of sulfonamides is 1. The van der Waals surface area contributed by atoms with Gasteiger partial charge in [-0.3, -0.25) is 13.9 Å². The molecule has 5 rings (SSSR count). The molecule has 1 atom stereocenters. The minimum Gasteiger partial charge on any atom is -0.352 e. The number of nitrogens with one attached hydrogen (secondary N) is 1. The van der Waals surface area contributed by atoms with Gasteiger partial charge in [-0.15, -0.1) is 0 Å². The third kappa shape index (κ3) is 8.06. The Kier molecular flexibility index (Phi) is 11.0. The highest BCUT2D eigenvalue weighted by Gasteiger charge is 2.36. The number of carbonyl (C=O) groups excluding carboxylic acids is 2. The van der Waals surface area contributed by atoms with Gasteiger partial charge in [0.25, 0.3) is 10.0 Å². The quantitative estimate of drug-likeness (QED) is 0.173. The van der Waals surface area contributed by atoms with Crippen molar-refractivity contribution in [2.75, 3.05) is 10.8 Å². The monoisotopic (exact) mass is 701 g/mol. The highest BCUT2D eigenvalue weighted by Crippen LogP contribution is 2.29. The van der Waals surface area contributed by atoms with E-state index in [1.54, 1.807) is 35.2 Å². The first-order valence-electron chi connectivity index (χ1n) is 15.7. The van der Waals surface area contributed by atoms with Gasteiger partial charge >= 0.3 is 0 Å². The molecule has 1 fully saturated rings. The zero-order chi connectivity index (χ0) is 32.7. The molecular formula is C37H40BrN3O4S. The lowest BCUT2D eigenvalue weighted by atomic mass is 10.0. The van der Waals surface area contributed by atoms with E-state index in [4.69, 9.17) is 0 Å². The molecule has 0 bridgehead atoms. The van der Waals surface area contributed by atoms with Crippen LogP contribution in [0.5, 0.6) is 0 Å². The van der Waals surface area contributed by atoms with E-state index in [1.807, 2.05) is 74.5 Å². The van der Waals surface area contributed by atoms with Crippen LogP contribution in [0.4, 0.5) is 5.69 Å². The Morgan fingerprint density at radius 2 is 1.48 bits per heavy atom. The number of halogens is 1. The number of carbonyl (C=O) groups is 2. The van der Waals surface area contributed by atoms with Gasteiger partial charge in [-0.1, -0.05) is 102 Å². The third-order valence-corrected chi connectivity index (χ3v) is 10.9. The van der Waals surface area contributed by atoms with Gasteiger partial charge in [0.15, 0.2) is 0 Å². The van der Waals surface area contributed by atoms with Crippen molar-refractivity contribution in [2.24, 2.45) is 0 Å². The summed E-state index contributed by atoms with van der Waals surface area (Å²) in [6.45, 7) is 3.42. The van der Waals surface area contributed by atoms with E-state index >= 15 is 0 Å². The Hall–Kier alpha value is -3.95. The van der Waals surface area contributed by atoms with E-state index in [0.717, 1.165) is 52.4 Å². The van der Waals surface area contributed by atoms with Crippen LogP contribution in [0.2, 0.25) is 0 Å². The Labute approximate surface area is 280 Å². The van der Waals surface area contributed by atoms with Gasteiger partial charge in [-0.25, -0.2) is 8.42 Å². The highest BCUT2D eigenvalue weighted by atomic mass is 79.9. The zero-order valence-corrected chi connectivity index (χ0v) is 28.6. The Morgan fingerprint density at radius 1 is 0.848 bits per heavy atom. The third-order valence-electron chi connectivity index (χ3n) is 8.67. The van der Waals surface area contributed by atoms with Gasteiger partial charge in [0.1, 0.15) is 12.6 Å². The number of anilines is 1. The van der Waals surface area contributed by atoms with Crippen molar-refractivity contribution in [3.8, 4) is 0 Å².